The van der Waals surface area contributed by atoms with E-state index in [0.717, 1.165) is 13.2 Å². The van der Waals surface area contributed by atoms with E-state index in [-0.39, 0.29) is 0 Å². The molecule has 1 atom stereocenters. The molecular formula is C10H16N2O. The van der Waals surface area contributed by atoms with Crippen LogP contribution < -0.4 is 5.32 Å². The Labute approximate surface area is 79.1 Å². The van der Waals surface area contributed by atoms with Gasteiger partial charge in [0.15, 0.2) is 0 Å². The Bertz CT molecular complexity index is 226. The molecule has 72 valence electrons. The number of rotatable bonds is 5. The maximum Gasteiger partial charge on any atom is 0.0587 e. The Balaban J connectivity index is 2.35. The summed E-state index contributed by atoms with van der Waals surface area (Å²) < 4.78 is 4.95. The second-order valence-corrected chi connectivity index (χ2v) is 2.95. The molecule has 1 N–H and O–H groups in total. The van der Waals surface area contributed by atoms with Gasteiger partial charge >= 0.3 is 0 Å². The fourth-order valence-electron chi connectivity index (χ4n) is 1.15. The highest BCUT2D eigenvalue weighted by molar-refractivity contribution is 5.13. The van der Waals surface area contributed by atoms with Crippen LogP contribution in [0.25, 0.3) is 0 Å². The fourth-order valence-corrected chi connectivity index (χ4v) is 1.15. The minimum atomic E-state index is 0.359. The third kappa shape index (κ3) is 3.53. The third-order valence-electron chi connectivity index (χ3n) is 1.96. The highest BCUT2D eigenvalue weighted by atomic mass is 16.5. The maximum atomic E-state index is 4.95. The van der Waals surface area contributed by atoms with Crippen LogP contribution in [0.5, 0.6) is 0 Å². The minimum Gasteiger partial charge on any atom is -0.383 e. The first-order chi connectivity index (χ1) is 6.34. The molecule has 13 heavy (non-hydrogen) atoms. The van der Waals surface area contributed by atoms with Crippen LogP contribution in [-0.2, 0) is 4.74 Å². The monoisotopic (exact) mass is 180 g/mol. The zero-order valence-electron chi connectivity index (χ0n) is 8.16. The number of nitrogens with one attached hydrogen (secondary N) is 1. The van der Waals surface area contributed by atoms with Crippen molar-refractivity contribution in [2.24, 2.45) is 0 Å². The van der Waals surface area contributed by atoms with Crippen LogP contribution in [0.2, 0.25) is 0 Å². The van der Waals surface area contributed by atoms with Gasteiger partial charge in [-0.25, -0.2) is 0 Å². The van der Waals surface area contributed by atoms with Gasteiger partial charge in [-0.15, -0.1) is 0 Å². The summed E-state index contributed by atoms with van der Waals surface area (Å²) in [5.74, 6) is 0. The van der Waals surface area contributed by atoms with E-state index in [2.05, 4.69) is 17.2 Å². The van der Waals surface area contributed by atoms with E-state index in [4.69, 9.17) is 4.74 Å². The van der Waals surface area contributed by atoms with Gasteiger partial charge in [0.1, 0.15) is 0 Å². The van der Waals surface area contributed by atoms with E-state index in [1.165, 1.54) is 5.56 Å². The van der Waals surface area contributed by atoms with Gasteiger partial charge < -0.3 is 10.1 Å². The Morgan fingerprint density at radius 1 is 1.46 bits per heavy atom. The van der Waals surface area contributed by atoms with Gasteiger partial charge in [-0.3, -0.25) is 4.98 Å². The fraction of sp³-hybridized carbons (Fsp3) is 0.500. The van der Waals surface area contributed by atoms with E-state index >= 15 is 0 Å². The number of aromatic nitrogens is 1. The SMILES string of the molecule is COCCN[C@H](C)c1ccncc1. The van der Waals surface area contributed by atoms with Crippen molar-refractivity contribution in [3.05, 3.63) is 30.1 Å². The molecule has 1 aromatic heterocycles. The van der Waals surface area contributed by atoms with Crippen molar-refractivity contribution in [2.45, 2.75) is 13.0 Å². The van der Waals surface area contributed by atoms with E-state index in [9.17, 15) is 0 Å². The largest absolute Gasteiger partial charge is 0.383 e. The van der Waals surface area contributed by atoms with E-state index in [1.807, 2.05) is 24.5 Å². The van der Waals surface area contributed by atoms with E-state index < -0.39 is 0 Å². The number of hydrogen-bond acceptors (Lipinski definition) is 3. The molecule has 0 spiro atoms. The standard InChI is InChI=1S/C10H16N2O/c1-9(12-7-8-13-2)10-3-5-11-6-4-10/h3-6,9,12H,7-8H2,1-2H3/t9-/m1/s1. The average Bonchev–Trinajstić information content (AvgIpc) is 2.19. The van der Waals surface area contributed by atoms with Crippen molar-refractivity contribution in [1.82, 2.24) is 10.3 Å². The predicted molar refractivity (Wildman–Crippen MR) is 52.5 cm³/mol. The summed E-state index contributed by atoms with van der Waals surface area (Å²) in [6.07, 6.45) is 3.62. The van der Waals surface area contributed by atoms with Crippen LogP contribution in [0.3, 0.4) is 0 Å². The van der Waals surface area contributed by atoms with Gasteiger partial charge in [-0.05, 0) is 24.6 Å². The number of nitrogens with zero attached hydrogens (tertiary/aromatic N) is 1. The zero-order chi connectivity index (χ0) is 9.52. The summed E-state index contributed by atoms with van der Waals surface area (Å²) in [4.78, 5) is 3.97. The lowest BCUT2D eigenvalue weighted by molar-refractivity contribution is 0.196. The number of hydrogen-bond donors (Lipinski definition) is 1. The smallest absolute Gasteiger partial charge is 0.0587 e. The summed E-state index contributed by atoms with van der Waals surface area (Å²) in [6.45, 7) is 3.75. The first kappa shape index (κ1) is 10.2. The van der Waals surface area contributed by atoms with Crippen LogP contribution in [-0.4, -0.2) is 25.2 Å². The van der Waals surface area contributed by atoms with Crippen molar-refractivity contribution < 1.29 is 4.74 Å². The number of methoxy groups -OCH3 is 1. The van der Waals surface area contributed by atoms with Crippen molar-refractivity contribution in [2.75, 3.05) is 20.3 Å². The van der Waals surface area contributed by atoms with Crippen LogP contribution in [0, 0.1) is 0 Å². The van der Waals surface area contributed by atoms with Gasteiger partial charge in [0.05, 0.1) is 6.61 Å². The molecule has 1 heterocycles. The lowest BCUT2D eigenvalue weighted by atomic mass is 10.1. The molecule has 0 aliphatic carbocycles. The molecule has 1 rings (SSSR count). The quantitative estimate of drug-likeness (QED) is 0.695. The summed E-state index contributed by atoms with van der Waals surface area (Å²) in [7, 11) is 1.71. The molecule has 0 fully saturated rings. The maximum absolute atomic E-state index is 4.95. The number of ether oxygens (including phenoxy) is 1. The van der Waals surface area contributed by atoms with Gasteiger partial charge in [0.25, 0.3) is 0 Å². The average molecular weight is 180 g/mol. The second kappa shape index (κ2) is 5.67. The first-order valence-corrected chi connectivity index (χ1v) is 4.47. The molecular weight excluding hydrogens is 164 g/mol. The molecule has 0 aliphatic heterocycles. The molecule has 3 nitrogen and oxygen atoms in total. The van der Waals surface area contributed by atoms with Crippen molar-refractivity contribution >= 4 is 0 Å². The summed E-state index contributed by atoms with van der Waals surface area (Å²) in [5, 5.41) is 3.35. The van der Waals surface area contributed by atoms with Gasteiger partial charge in [0, 0.05) is 32.1 Å². The third-order valence-corrected chi connectivity index (χ3v) is 1.96. The minimum absolute atomic E-state index is 0.359. The summed E-state index contributed by atoms with van der Waals surface area (Å²) >= 11 is 0. The topological polar surface area (TPSA) is 34.1 Å². The molecule has 0 aliphatic rings. The molecule has 0 aromatic carbocycles. The summed E-state index contributed by atoms with van der Waals surface area (Å²) in [6, 6.07) is 4.40. The van der Waals surface area contributed by atoms with Gasteiger partial charge in [-0.1, -0.05) is 0 Å². The van der Waals surface area contributed by atoms with Crippen LogP contribution in [0.4, 0.5) is 0 Å². The Morgan fingerprint density at radius 3 is 2.77 bits per heavy atom. The van der Waals surface area contributed by atoms with Gasteiger partial charge in [-0.2, -0.15) is 0 Å². The van der Waals surface area contributed by atoms with Crippen molar-refractivity contribution in [3.8, 4) is 0 Å². The lowest BCUT2D eigenvalue weighted by Gasteiger charge is -2.13. The van der Waals surface area contributed by atoms with Gasteiger partial charge in [0.2, 0.25) is 0 Å². The molecule has 0 saturated carbocycles. The van der Waals surface area contributed by atoms with Crippen LogP contribution in [0.1, 0.15) is 18.5 Å². The normalized spacial score (nSPS) is 12.8. The van der Waals surface area contributed by atoms with E-state index in [1.54, 1.807) is 7.11 Å². The molecule has 0 amide bonds. The van der Waals surface area contributed by atoms with Crippen LogP contribution in [0.15, 0.2) is 24.5 Å². The predicted octanol–water partition coefficient (Wildman–Crippen LogP) is 1.38. The number of pyridine rings is 1. The molecule has 0 saturated heterocycles. The summed E-state index contributed by atoms with van der Waals surface area (Å²) in [5.41, 5.74) is 1.26. The molecule has 0 bridgehead atoms. The second-order valence-electron chi connectivity index (χ2n) is 2.95. The Kier molecular flexibility index (Phi) is 4.43. The highest BCUT2D eigenvalue weighted by Gasteiger charge is 2.02. The van der Waals surface area contributed by atoms with Crippen molar-refractivity contribution in [3.63, 3.8) is 0 Å². The zero-order valence-corrected chi connectivity index (χ0v) is 8.16. The highest BCUT2D eigenvalue weighted by Crippen LogP contribution is 2.08. The Morgan fingerprint density at radius 2 is 2.15 bits per heavy atom. The molecule has 3 heteroatoms. The Hall–Kier alpha value is -0.930. The van der Waals surface area contributed by atoms with Crippen LogP contribution >= 0.6 is 0 Å². The first-order valence-electron chi connectivity index (χ1n) is 4.47. The van der Waals surface area contributed by atoms with E-state index in [0.29, 0.717) is 6.04 Å². The molecule has 0 radical (unpaired) electrons. The molecule has 1 aromatic rings. The lowest BCUT2D eigenvalue weighted by Crippen LogP contribution is -2.22. The molecule has 0 unspecified atom stereocenters. The van der Waals surface area contributed by atoms with Crippen molar-refractivity contribution in [1.29, 1.82) is 0 Å².